The topological polar surface area (TPSA) is 55.5 Å². The molecule has 2 rings (SSSR count). The summed E-state index contributed by atoms with van der Waals surface area (Å²) in [6.45, 7) is 0.210. The zero-order valence-electron chi connectivity index (χ0n) is 11.1. The number of nitrogens with two attached hydrogens (primary N) is 1. The zero-order chi connectivity index (χ0) is 15.6. The Balaban J connectivity index is 2.44. The second kappa shape index (κ2) is 7.18. The predicted octanol–water partition coefficient (Wildman–Crippen LogP) is 4.49. The van der Waals surface area contributed by atoms with Crippen molar-refractivity contribution >= 4 is 46.1 Å². The Morgan fingerprint density at radius 2 is 1.95 bits per heavy atom. The summed E-state index contributed by atoms with van der Waals surface area (Å²) < 4.78 is 6.29. The van der Waals surface area contributed by atoms with Gasteiger partial charge < -0.3 is 15.6 Å². The van der Waals surface area contributed by atoms with Gasteiger partial charge in [0.25, 0.3) is 0 Å². The molecule has 0 saturated heterocycles. The average Bonchev–Trinajstić information content (AvgIpc) is 2.78. The number of rotatable bonds is 5. The Bertz CT molecular complexity index is 633. The van der Waals surface area contributed by atoms with Crippen molar-refractivity contribution in [2.75, 3.05) is 13.7 Å². The molecule has 7 heteroatoms. The summed E-state index contributed by atoms with van der Waals surface area (Å²) in [5.74, 6) is 0.216. The number of hydrogen-bond donors (Lipinski definition) is 2. The average molecular weight is 367 g/mol. The fraction of sp³-hybridized carbons (Fsp3) is 0.286. The predicted molar refractivity (Wildman–Crippen MR) is 89.1 cm³/mol. The molecule has 3 N–H and O–H groups in total. The summed E-state index contributed by atoms with van der Waals surface area (Å²) in [4.78, 5) is 0. The van der Waals surface area contributed by atoms with Crippen LogP contribution in [0.4, 0.5) is 0 Å². The first-order valence-electron chi connectivity index (χ1n) is 6.14. The molecule has 0 radical (unpaired) electrons. The number of thiophene rings is 1. The molecule has 0 bridgehead atoms. The summed E-state index contributed by atoms with van der Waals surface area (Å²) in [6.07, 6.45) is -0.890. The largest absolute Gasteiger partial charge is 0.496 e. The zero-order valence-corrected chi connectivity index (χ0v) is 14.2. The van der Waals surface area contributed by atoms with Gasteiger partial charge in [-0.3, -0.25) is 0 Å². The highest BCUT2D eigenvalue weighted by molar-refractivity contribution is 7.20. The minimum Gasteiger partial charge on any atom is -0.496 e. The number of halogens is 3. The van der Waals surface area contributed by atoms with E-state index in [1.165, 1.54) is 11.3 Å². The van der Waals surface area contributed by atoms with Gasteiger partial charge in [0.15, 0.2) is 0 Å². The number of methoxy groups -OCH3 is 1. The van der Waals surface area contributed by atoms with Gasteiger partial charge in [0, 0.05) is 28.6 Å². The molecule has 2 aromatic rings. The summed E-state index contributed by atoms with van der Waals surface area (Å²) in [5.41, 5.74) is 7.14. The lowest BCUT2D eigenvalue weighted by atomic mass is 9.89. The van der Waals surface area contributed by atoms with Crippen molar-refractivity contribution < 1.29 is 9.84 Å². The first kappa shape index (κ1) is 16.9. The molecule has 0 amide bonds. The molecule has 0 aliphatic carbocycles. The maximum absolute atomic E-state index is 10.6. The van der Waals surface area contributed by atoms with Crippen LogP contribution in [0.3, 0.4) is 0 Å². The van der Waals surface area contributed by atoms with Gasteiger partial charge in [-0.1, -0.05) is 34.8 Å². The lowest BCUT2D eigenvalue weighted by molar-refractivity contribution is 0.146. The second-order valence-electron chi connectivity index (χ2n) is 4.45. The van der Waals surface area contributed by atoms with Gasteiger partial charge in [-0.25, -0.2) is 0 Å². The Morgan fingerprint density at radius 1 is 1.24 bits per heavy atom. The van der Waals surface area contributed by atoms with Gasteiger partial charge in [-0.2, -0.15) is 0 Å². The van der Waals surface area contributed by atoms with E-state index < -0.39 is 12.0 Å². The van der Waals surface area contributed by atoms with E-state index in [9.17, 15) is 5.11 Å². The van der Waals surface area contributed by atoms with Gasteiger partial charge in [-0.15, -0.1) is 11.3 Å². The Morgan fingerprint density at radius 3 is 2.48 bits per heavy atom. The van der Waals surface area contributed by atoms with Crippen LogP contribution >= 0.6 is 46.1 Å². The monoisotopic (exact) mass is 365 g/mol. The number of hydrogen-bond acceptors (Lipinski definition) is 4. The minimum absolute atomic E-state index is 0.210. The summed E-state index contributed by atoms with van der Waals surface area (Å²) in [5, 5.41) is 11.2. The second-order valence-corrected chi connectivity index (χ2v) is 7.17. The maximum Gasteiger partial charge on any atom is 0.122 e. The molecule has 2 atom stereocenters. The van der Waals surface area contributed by atoms with Gasteiger partial charge in [-0.05, 0) is 24.3 Å². The Kier molecular flexibility index (Phi) is 5.77. The Hall–Kier alpha value is -0.490. The molecule has 2 unspecified atom stereocenters. The van der Waals surface area contributed by atoms with Gasteiger partial charge >= 0.3 is 0 Å². The SMILES string of the molecule is COc1ccc(Cl)cc1C(CN)C(O)c1cc(Cl)sc1Cl. The standard InChI is InChI=1S/C14H14Cl3NO2S/c1-20-11-3-2-7(15)4-8(11)10(6-18)13(19)9-5-12(16)21-14(9)17/h2-5,10,13,19H,6,18H2,1H3. The molecule has 0 aliphatic rings. The van der Waals surface area contributed by atoms with Crippen LogP contribution in [0.25, 0.3) is 0 Å². The van der Waals surface area contributed by atoms with Crippen molar-refractivity contribution in [2.24, 2.45) is 5.73 Å². The van der Waals surface area contributed by atoms with Crippen LogP contribution in [0, 0.1) is 0 Å². The summed E-state index contributed by atoms with van der Waals surface area (Å²) in [7, 11) is 1.56. The molecule has 0 aliphatic heterocycles. The number of ether oxygens (including phenoxy) is 1. The van der Waals surface area contributed by atoms with Crippen molar-refractivity contribution in [3.63, 3.8) is 0 Å². The van der Waals surface area contributed by atoms with E-state index in [-0.39, 0.29) is 6.54 Å². The van der Waals surface area contributed by atoms with E-state index in [1.54, 1.807) is 31.4 Å². The molecule has 114 valence electrons. The first-order valence-corrected chi connectivity index (χ1v) is 8.09. The third-order valence-corrected chi connectivity index (χ3v) is 4.98. The highest BCUT2D eigenvalue weighted by Gasteiger charge is 2.27. The van der Waals surface area contributed by atoms with Crippen LogP contribution in [0.1, 0.15) is 23.1 Å². The third-order valence-electron chi connectivity index (χ3n) is 3.23. The third kappa shape index (κ3) is 3.65. The van der Waals surface area contributed by atoms with Crippen LogP contribution in [0.5, 0.6) is 5.75 Å². The molecule has 21 heavy (non-hydrogen) atoms. The van der Waals surface area contributed by atoms with E-state index in [0.717, 1.165) is 5.56 Å². The Labute approximate surface area is 142 Å². The molecule has 0 fully saturated rings. The fourth-order valence-electron chi connectivity index (χ4n) is 2.19. The van der Waals surface area contributed by atoms with Crippen molar-refractivity contribution in [3.8, 4) is 5.75 Å². The van der Waals surface area contributed by atoms with E-state index >= 15 is 0 Å². The lowest BCUT2D eigenvalue weighted by Crippen LogP contribution is -2.20. The molecule has 0 saturated carbocycles. The fourth-order valence-corrected chi connectivity index (χ4v) is 3.91. The van der Waals surface area contributed by atoms with E-state index in [2.05, 4.69) is 0 Å². The number of aliphatic hydroxyl groups is 1. The van der Waals surface area contributed by atoms with Gasteiger partial charge in [0.2, 0.25) is 0 Å². The number of aliphatic hydroxyl groups excluding tert-OH is 1. The van der Waals surface area contributed by atoms with E-state index in [4.69, 9.17) is 45.3 Å². The van der Waals surface area contributed by atoms with Crippen molar-refractivity contribution in [1.29, 1.82) is 0 Å². The molecule has 3 nitrogen and oxygen atoms in total. The van der Waals surface area contributed by atoms with Crippen LogP contribution < -0.4 is 10.5 Å². The highest BCUT2D eigenvalue weighted by atomic mass is 35.5. The van der Waals surface area contributed by atoms with Crippen LogP contribution in [0.15, 0.2) is 24.3 Å². The molecular weight excluding hydrogens is 353 g/mol. The van der Waals surface area contributed by atoms with E-state index in [1.807, 2.05) is 0 Å². The van der Waals surface area contributed by atoms with E-state index in [0.29, 0.717) is 25.0 Å². The maximum atomic E-state index is 10.6. The summed E-state index contributed by atoms with van der Waals surface area (Å²) in [6, 6.07) is 6.86. The molecule has 1 aromatic heterocycles. The van der Waals surface area contributed by atoms with Crippen molar-refractivity contribution in [1.82, 2.24) is 0 Å². The van der Waals surface area contributed by atoms with Crippen molar-refractivity contribution in [3.05, 3.63) is 49.1 Å². The first-order chi connectivity index (χ1) is 9.97. The van der Waals surface area contributed by atoms with Crippen molar-refractivity contribution in [2.45, 2.75) is 12.0 Å². The normalized spacial score (nSPS) is 14.0. The molecule has 0 spiro atoms. The van der Waals surface area contributed by atoms with Gasteiger partial charge in [0.05, 0.1) is 17.6 Å². The number of benzene rings is 1. The smallest absolute Gasteiger partial charge is 0.122 e. The summed E-state index contributed by atoms with van der Waals surface area (Å²) >= 11 is 19.3. The van der Waals surface area contributed by atoms with Crippen LogP contribution in [-0.2, 0) is 0 Å². The molecular formula is C14H14Cl3NO2S. The van der Waals surface area contributed by atoms with Gasteiger partial charge in [0.1, 0.15) is 10.1 Å². The molecule has 1 heterocycles. The minimum atomic E-state index is -0.890. The highest BCUT2D eigenvalue weighted by Crippen LogP contribution is 2.42. The molecule has 1 aromatic carbocycles. The lowest BCUT2D eigenvalue weighted by Gasteiger charge is -2.23. The van der Waals surface area contributed by atoms with Crippen LogP contribution in [-0.4, -0.2) is 18.8 Å². The quantitative estimate of drug-likeness (QED) is 0.819. The van der Waals surface area contributed by atoms with Crippen LogP contribution in [0.2, 0.25) is 13.7 Å².